The van der Waals surface area contributed by atoms with Crippen LogP contribution in [0.4, 0.5) is 20.6 Å². The number of pyridine rings is 1. The molecule has 2 atom stereocenters. The van der Waals surface area contributed by atoms with Crippen molar-refractivity contribution in [3.8, 4) is 5.75 Å². The first-order valence-electron chi connectivity index (χ1n) is 14.0. The van der Waals surface area contributed by atoms with Crippen LogP contribution in [-0.2, 0) is 0 Å². The van der Waals surface area contributed by atoms with Gasteiger partial charge in [0.2, 0.25) is 0 Å². The SMILES string of the molecule is CC(C)c1noc(N2CCC(CCCOc3ccc(N4CC[C@@H](c5cc(F)ccc5F)[C@H](N)C4)nc3)CC2)n1. The van der Waals surface area contributed by atoms with E-state index in [9.17, 15) is 8.78 Å². The van der Waals surface area contributed by atoms with E-state index in [1.54, 1.807) is 6.20 Å². The highest BCUT2D eigenvalue weighted by Crippen LogP contribution is 2.32. The van der Waals surface area contributed by atoms with Crippen molar-refractivity contribution in [1.82, 2.24) is 15.1 Å². The van der Waals surface area contributed by atoms with E-state index in [4.69, 9.17) is 15.0 Å². The van der Waals surface area contributed by atoms with Crippen LogP contribution in [0.3, 0.4) is 0 Å². The molecule has 5 rings (SSSR count). The minimum atomic E-state index is -0.441. The van der Waals surface area contributed by atoms with E-state index < -0.39 is 11.6 Å². The molecule has 0 amide bonds. The Bertz CT molecular complexity index is 1210. The first-order chi connectivity index (χ1) is 18.9. The highest BCUT2D eigenvalue weighted by Gasteiger charge is 2.30. The molecule has 0 radical (unpaired) electrons. The molecule has 0 spiro atoms. The quantitative estimate of drug-likeness (QED) is 0.367. The lowest BCUT2D eigenvalue weighted by Crippen LogP contribution is -2.48. The molecule has 1 aromatic carbocycles. The van der Waals surface area contributed by atoms with Crippen molar-refractivity contribution in [2.45, 2.75) is 63.8 Å². The maximum atomic E-state index is 14.3. The summed E-state index contributed by atoms with van der Waals surface area (Å²) in [6, 6.07) is 7.77. The number of nitrogens with zero attached hydrogens (tertiary/aromatic N) is 5. The van der Waals surface area contributed by atoms with Gasteiger partial charge in [0.15, 0.2) is 5.82 Å². The zero-order valence-corrected chi connectivity index (χ0v) is 22.7. The molecule has 10 heteroatoms. The lowest BCUT2D eigenvalue weighted by atomic mass is 9.85. The molecule has 39 heavy (non-hydrogen) atoms. The lowest BCUT2D eigenvalue weighted by Gasteiger charge is -2.37. The zero-order chi connectivity index (χ0) is 27.4. The second-order valence-electron chi connectivity index (χ2n) is 11.0. The predicted molar refractivity (Wildman–Crippen MR) is 146 cm³/mol. The third-order valence-electron chi connectivity index (χ3n) is 7.92. The van der Waals surface area contributed by atoms with Crippen LogP contribution in [0, 0.1) is 17.6 Å². The number of nitrogens with two attached hydrogens (primary N) is 1. The van der Waals surface area contributed by atoms with Crippen LogP contribution < -0.4 is 20.3 Å². The molecule has 0 aliphatic carbocycles. The van der Waals surface area contributed by atoms with Crippen molar-refractivity contribution in [3.05, 3.63) is 59.6 Å². The van der Waals surface area contributed by atoms with Gasteiger partial charge in [-0.05, 0) is 73.9 Å². The van der Waals surface area contributed by atoms with E-state index in [1.165, 1.54) is 12.1 Å². The van der Waals surface area contributed by atoms with Crippen molar-refractivity contribution in [2.24, 2.45) is 11.7 Å². The molecule has 0 bridgehead atoms. The molecule has 2 aliphatic rings. The van der Waals surface area contributed by atoms with Gasteiger partial charge < -0.3 is 24.8 Å². The molecule has 2 aliphatic heterocycles. The van der Waals surface area contributed by atoms with Crippen molar-refractivity contribution < 1.29 is 18.0 Å². The molecule has 2 aromatic heterocycles. The van der Waals surface area contributed by atoms with E-state index in [2.05, 4.69) is 38.8 Å². The van der Waals surface area contributed by atoms with Crippen LogP contribution in [0.25, 0.3) is 0 Å². The van der Waals surface area contributed by atoms with E-state index in [-0.39, 0.29) is 17.9 Å². The second kappa shape index (κ2) is 12.3. The monoisotopic (exact) mass is 540 g/mol. The molecular formula is C29H38F2N6O2. The highest BCUT2D eigenvalue weighted by molar-refractivity contribution is 5.42. The van der Waals surface area contributed by atoms with Crippen LogP contribution in [0.15, 0.2) is 41.1 Å². The number of ether oxygens (including phenoxy) is 1. The van der Waals surface area contributed by atoms with E-state index >= 15 is 0 Å². The number of anilines is 2. The Balaban J connectivity index is 1.02. The Morgan fingerprint density at radius 1 is 1.08 bits per heavy atom. The lowest BCUT2D eigenvalue weighted by molar-refractivity contribution is 0.275. The Morgan fingerprint density at radius 3 is 2.56 bits per heavy atom. The largest absolute Gasteiger partial charge is 0.492 e. The van der Waals surface area contributed by atoms with Crippen molar-refractivity contribution >= 4 is 11.8 Å². The standard InChI is InChI=1S/C29H38F2N6O2/c1-19(2)28-34-29(39-35-28)36-12-9-20(10-13-36)4-3-15-38-22-6-8-27(33-17-22)37-14-11-23(26(32)18-37)24-16-21(30)5-7-25(24)31/h5-8,16-17,19-20,23,26H,3-4,9-15,18,32H2,1-2H3/t23-,26+/m0/s1. The number of hydrogen-bond acceptors (Lipinski definition) is 8. The van der Waals surface area contributed by atoms with Crippen LogP contribution >= 0.6 is 0 Å². The summed E-state index contributed by atoms with van der Waals surface area (Å²) in [7, 11) is 0. The van der Waals surface area contributed by atoms with Gasteiger partial charge in [-0.25, -0.2) is 13.8 Å². The number of aromatic nitrogens is 3. The first-order valence-corrected chi connectivity index (χ1v) is 14.0. The first kappa shape index (κ1) is 27.3. The number of halogens is 2. The van der Waals surface area contributed by atoms with Gasteiger partial charge in [-0.2, -0.15) is 4.98 Å². The summed E-state index contributed by atoms with van der Waals surface area (Å²) in [6.07, 6.45) is 6.71. The molecule has 2 saturated heterocycles. The fourth-order valence-electron chi connectivity index (χ4n) is 5.58. The minimum Gasteiger partial charge on any atom is -0.492 e. The van der Waals surface area contributed by atoms with E-state index in [0.29, 0.717) is 43.6 Å². The number of hydrogen-bond donors (Lipinski definition) is 1. The number of rotatable bonds is 9. The fraction of sp³-hybridized carbons (Fsp3) is 0.552. The zero-order valence-electron chi connectivity index (χ0n) is 22.7. The van der Waals surface area contributed by atoms with Gasteiger partial charge in [-0.3, -0.25) is 0 Å². The smallest absolute Gasteiger partial charge is 0.324 e. The van der Waals surface area contributed by atoms with Gasteiger partial charge in [0, 0.05) is 44.1 Å². The normalized spacial score (nSPS) is 20.6. The average Bonchev–Trinajstić information content (AvgIpc) is 3.44. The molecule has 0 unspecified atom stereocenters. The van der Waals surface area contributed by atoms with Gasteiger partial charge in [0.05, 0.1) is 12.8 Å². The molecule has 210 valence electrons. The maximum absolute atomic E-state index is 14.3. The molecule has 4 heterocycles. The van der Waals surface area contributed by atoms with Gasteiger partial charge in [0.25, 0.3) is 0 Å². The average molecular weight is 541 g/mol. The summed E-state index contributed by atoms with van der Waals surface area (Å²) in [5, 5.41) is 4.07. The van der Waals surface area contributed by atoms with Crippen molar-refractivity contribution in [3.63, 3.8) is 0 Å². The molecule has 0 saturated carbocycles. The maximum Gasteiger partial charge on any atom is 0.324 e. The van der Waals surface area contributed by atoms with Gasteiger partial charge in [-0.1, -0.05) is 19.0 Å². The summed E-state index contributed by atoms with van der Waals surface area (Å²) < 4.78 is 39.3. The van der Waals surface area contributed by atoms with Gasteiger partial charge in [-0.15, -0.1) is 0 Å². The molecule has 2 N–H and O–H groups in total. The van der Waals surface area contributed by atoms with Crippen LogP contribution in [0.1, 0.15) is 69.2 Å². The topological polar surface area (TPSA) is 93.5 Å². The van der Waals surface area contributed by atoms with Crippen LogP contribution in [-0.4, -0.2) is 54.0 Å². The van der Waals surface area contributed by atoms with Crippen LogP contribution in [0.5, 0.6) is 5.75 Å². The summed E-state index contributed by atoms with van der Waals surface area (Å²) >= 11 is 0. The van der Waals surface area contributed by atoms with Gasteiger partial charge in [0.1, 0.15) is 23.2 Å². The van der Waals surface area contributed by atoms with E-state index in [1.807, 2.05) is 12.1 Å². The minimum absolute atomic E-state index is 0.219. The number of benzene rings is 1. The Labute approximate surface area is 228 Å². The summed E-state index contributed by atoms with van der Waals surface area (Å²) in [5.41, 5.74) is 6.74. The summed E-state index contributed by atoms with van der Waals surface area (Å²) in [5.74, 6) is 2.19. The number of piperidine rings is 2. The van der Waals surface area contributed by atoms with Gasteiger partial charge >= 0.3 is 6.01 Å². The molecule has 8 nitrogen and oxygen atoms in total. The van der Waals surface area contributed by atoms with Crippen molar-refractivity contribution in [2.75, 3.05) is 42.6 Å². The van der Waals surface area contributed by atoms with Crippen LogP contribution in [0.2, 0.25) is 0 Å². The third kappa shape index (κ3) is 6.66. The Morgan fingerprint density at radius 2 is 1.87 bits per heavy atom. The third-order valence-corrected chi connectivity index (χ3v) is 7.92. The fourth-order valence-corrected chi connectivity index (χ4v) is 5.58. The molecular weight excluding hydrogens is 502 g/mol. The molecule has 3 aromatic rings. The second-order valence-corrected chi connectivity index (χ2v) is 11.0. The summed E-state index contributed by atoms with van der Waals surface area (Å²) in [4.78, 5) is 13.4. The Hall–Kier alpha value is -3.27. The van der Waals surface area contributed by atoms with E-state index in [0.717, 1.165) is 62.2 Å². The highest BCUT2D eigenvalue weighted by atomic mass is 19.1. The van der Waals surface area contributed by atoms with Crippen molar-refractivity contribution in [1.29, 1.82) is 0 Å². The molecule has 2 fully saturated rings. The summed E-state index contributed by atoms with van der Waals surface area (Å²) in [6.45, 7) is 7.85. The predicted octanol–water partition coefficient (Wildman–Crippen LogP) is 5.26. The Kier molecular flexibility index (Phi) is 8.60.